The van der Waals surface area contributed by atoms with Gasteiger partial charge in [-0.15, -0.1) is 0 Å². The summed E-state index contributed by atoms with van der Waals surface area (Å²) in [4.78, 5) is 12.1. The van der Waals surface area contributed by atoms with Gasteiger partial charge in [0.1, 0.15) is 5.75 Å². The molecule has 0 aliphatic heterocycles. The van der Waals surface area contributed by atoms with Gasteiger partial charge >= 0.3 is 0 Å². The van der Waals surface area contributed by atoms with Crippen LogP contribution in [0.5, 0.6) is 5.75 Å². The number of nitrogens with one attached hydrogen (secondary N) is 2. The number of benzene rings is 2. The highest BCUT2D eigenvalue weighted by Gasteiger charge is 2.11. The molecule has 0 bridgehead atoms. The predicted molar refractivity (Wildman–Crippen MR) is 102 cm³/mol. The van der Waals surface area contributed by atoms with Gasteiger partial charge in [0.15, 0.2) is 0 Å². The summed E-state index contributed by atoms with van der Waals surface area (Å²) in [7, 11) is 1.63. The van der Waals surface area contributed by atoms with Crippen molar-refractivity contribution in [2.75, 3.05) is 19.0 Å². The minimum absolute atomic E-state index is 0.0317. The molecular formula is C18H20BrClN2O2. The number of aryl methyl sites for hydroxylation is 1. The molecule has 2 N–H and O–H groups in total. The molecule has 0 saturated heterocycles. The molecule has 24 heavy (non-hydrogen) atoms. The Hall–Kier alpha value is -1.56. The van der Waals surface area contributed by atoms with Crippen LogP contribution in [0.15, 0.2) is 40.9 Å². The lowest BCUT2D eigenvalue weighted by atomic mass is 10.1. The van der Waals surface area contributed by atoms with Crippen LogP contribution in [-0.4, -0.2) is 19.6 Å². The summed E-state index contributed by atoms with van der Waals surface area (Å²) >= 11 is 9.39. The van der Waals surface area contributed by atoms with Crippen LogP contribution in [0.2, 0.25) is 5.02 Å². The third kappa shape index (κ3) is 4.97. The summed E-state index contributed by atoms with van der Waals surface area (Å²) in [6, 6.07) is 11.3. The summed E-state index contributed by atoms with van der Waals surface area (Å²) in [5.41, 5.74) is 2.77. The number of hydrogen-bond donors (Lipinski definition) is 2. The second kappa shape index (κ2) is 8.51. The summed E-state index contributed by atoms with van der Waals surface area (Å²) in [5, 5.41) is 6.75. The quantitative estimate of drug-likeness (QED) is 0.724. The van der Waals surface area contributed by atoms with Crippen molar-refractivity contribution in [1.29, 1.82) is 0 Å². The summed E-state index contributed by atoms with van der Waals surface area (Å²) in [6.45, 7) is 4.13. The van der Waals surface area contributed by atoms with Crippen molar-refractivity contribution in [3.8, 4) is 5.75 Å². The van der Waals surface area contributed by atoms with E-state index >= 15 is 0 Å². The van der Waals surface area contributed by atoms with Gasteiger partial charge in [-0.25, -0.2) is 0 Å². The van der Waals surface area contributed by atoms with Crippen molar-refractivity contribution in [2.24, 2.45) is 0 Å². The van der Waals surface area contributed by atoms with Gasteiger partial charge < -0.3 is 15.4 Å². The van der Waals surface area contributed by atoms with Crippen LogP contribution in [0.4, 0.5) is 5.69 Å². The fourth-order valence-electron chi connectivity index (χ4n) is 2.28. The average molecular weight is 412 g/mol. The number of hydrogen-bond acceptors (Lipinski definition) is 3. The largest absolute Gasteiger partial charge is 0.496 e. The minimum Gasteiger partial charge on any atom is -0.496 e. The maximum atomic E-state index is 12.1. The first-order valence-corrected chi connectivity index (χ1v) is 8.70. The standard InChI is InChI=1S/C18H20BrClN2O2/c1-11-8-14(20)5-6-16(11)22-18(23)10-21-12(2)13-4-7-17(24-3)15(19)9-13/h4-9,12,21H,10H2,1-3H3,(H,22,23)/t12-/m1/s1. The molecule has 128 valence electrons. The molecule has 2 rings (SSSR count). The van der Waals surface area contributed by atoms with Crippen molar-refractivity contribution in [1.82, 2.24) is 5.32 Å². The van der Waals surface area contributed by atoms with Gasteiger partial charge in [0.05, 0.1) is 18.1 Å². The summed E-state index contributed by atoms with van der Waals surface area (Å²) in [6.07, 6.45) is 0. The zero-order chi connectivity index (χ0) is 17.7. The molecule has 1 atom stereocenters. The molecule has 2 aromatic carbocycles. The van der Waals surface area contributed by atoms with Crippen molar-refractivity contribution in [3.05, 3.63) is 57.0 Å². The van der Waals surface area contributed by atoms with Crippen LogP contribution in [0, 0.1) is 6.92 Å². The second-order valence-corrected chi connectivity index (χ2v) is 6.79. The molecule has 0 unspecified atom stereocenters. The van der Waals surface area contributed by atoms with Crippen LogP contribution in [0.3, 0.4) is 0 Å². The monoisotopic (exact) mass is 410 g/mol. The Labute approximate surface area is 155 Å². The number of amides is 1. The highest BCUT2D eigenvalue weighted by molar-refractivity contribution is 9.10. The van der Waals surface area contributed by atoms with E-state index in [9.17, 15) is 4.79 Å². The minimum atomic E-state index is -0.0974. The Morgan fingerprint density at radius 3 is 2.67 bits per heavy atom. The molecular weight excluding hydrogens is 392 g/mol. The Balaban J connectivity index is 1.92. The van der Waals surface area contributed by atoms with E-state index in [4.69, 9.17) is 16.3 Å². The number of anilines is 1. The number of halogens is 2. The molecule has 0 saturated carbocycles. The second-order valence-electron chi connectivity index (χ2n) is 5.50. The first kappa shape index (κ1) is 18.8. The van der Waals surface area contributed by atoms with Crippen LogP contribution >= 0.6 is 27.5 Å². The van der Waals surface area contributed by atoms with E-state index in [0.29, 0.717) is 5.02 Å². The van der Waals surface area contributed by atoms with E-state index in [1.54, 1.807) is 19.2 Å². The predicted octanol–water partition coefficient (Wildman–Crippen LogP) is 4.71. The number of carbonyl (C=O) groups excluding carboxylic acids is 1. The van der Waals surface area contributed by atoms with Gasteiger partial charge in [-0.3, -0.25) is 4.79 Å². The molecule has 6 heteroatoms. The van der Waals surface area contributed by atoms with Gasteiger partial charge in [0, 0.05) is 16.8 Å². The fraction of sp³-hybridized carbons (Fsp3) is 0.278. The van der Waals surface area contributed by atoms with Crippen molar-refractivity contribution in [2.45, 2.75) is 19.9 Å². The molecule has 1 amide bonds. The maximum Gasteiger partial charge on any atom is 0.238 e. The Bertz CT molecular complexity index is 737. The Morgan fingerprint density at radius 2 is 2.04 bits per heavy atom. The SMILES string of the molecule is COc1ccc([C@@H](C)NCC(=O)Nc2ccc(Cl)cc2C)cc1Br. The van der Waals surface area contributed by atoms with E-state index in [1.165, 1.54) is 0 Å². The van der Waals surface area contributed by atoms with Crippen LogP contribution in [-0.2, 0) is 4.79 Å². The van der Waals surface area contributed by atoms with Crippen molar-refractivity contribution >= 4 is 39.1 Å². The van der Waals surface area contributed by atoms with Gasteiger partial charge in [-0.2, -0.15) is 0 Å². The fourth-order valence-corrected chi connectivity index (χ4v) is 3.06. The lowest BCUT2D eigenvalue weighted by molar-refractivity contribution is -0.115. The third-order valence-electron chi connectivity index (χ3n) is 3.71. The van der Waals surface area contributed by atoms with Crippen LogP contribution in [0.25, 0.3) is 0 Å². The molecule has 2 aromatic rings. The third-order valence-corrected chi connectivity index (χ3v) is 4.56. The van der Waals surface area contributed by atoms with Gasteiger partial charge in [-0.05, 0) is 71.2 Å². The van der Waals surface area contributed by atoms with Crippen molar-refractivity contribution < 1.29 is 9.53 Å². The molecule has 0 fully saturated rings. The highest BCUT2D eigenvalue weighted by Crippen LogP contribution is 2.28. The lowest BCUT2D eigenvalue weighted by Gasteiger charge is -2.16. The summed E-state index contributed by atoms with van der Waals surface area (Å²) in [5.74, 6) is 0.682. The highest BCUT2D eigenvalue weighted by atomic mass is 79.9. The zero-order valence-electron chi connectivity index (χ0n) is 13.8. The van der Waals surface area contributed by atoms with Gasteiger partial charge in [-0.1, -0.05) is 17.7 Å². The number of carbonyl (C=O) groups is 1. The molecule has 0 aliphatic rings. The molecule has 0 spiro atoms. The van der Waals surface area contributed by atoms with E-state index in [2.05, 4.69) is 26.6 Å². The Morgan fingerprint density at radius 1 is 1.29 bits per heavy atom. The van der Waals surface area contributed by atoms with Crippen molar-refractivity contribution in [3.63, 3.8) is 0 Å². The first-order chi connectivity index (χ1) is 11.4. The molecule has 0 radical (unpaired) electrons. The lowest BCUT2D eigenvalue weighted by Crippen LogP contribution is -2.30. The summed E-state index contributed by atoms with van der Waals surface area (Å²) < 4.78 is 6.11. The number of rotatable bonds is 6. The maximum absolute atomic E-state index is 12.1. The smallest absolute Gasteiger partial charge is 0.238 e. The normalized spacial score (nSPS) is 11.9. The Kier molecular flexibility index (Phi) is 6.66. The van der Waals surface area contributed by atoms with E-state index in [-0.39, 0.29) is 18.5 Å². The molecule has 0 aliphatic carbocycles. The van der Waals surface area contributed by atoms with E-state index in [1.807, 2.05) is 38.1 Å². The van der Waals surface area contributed by atoms with Gasteiger partial charge in [0.2, 0.25) is 5.91 Å². The topological polar surface area (TPSA) is 50.4 Å². The molecule has 0 aromatic heterocycles. The average Bonchev–Trinajstić information content (AvgIpc) is 2.55. The number of methoxy groups -OCH3 is 1. The van der Waals surface area contributed by atoms with E-state index < -0.39 is 0 Å². The zero-order valence-corrected chi connectivity index (χ0v) is 16.2. The van der Waals surface area contributed by atoms with Crippen LogP contribution in [0.1, 0.15) is 24.1 Å². The first-order valence-electron chi connectivity index (χ1n) is 7.53. The van der Waals surface area contributed by atoms with E-state index in [0.717, 1.165) is 27.0 Å². The number of ether oxygens (including phenoxy) is 1. The molecule has 4 nitrogen and oxygen atoms in total. The van der Waals surface area contributed by atoms with Crippen LogP contribution < -0.4 is 15.4 Å². The molecule has 0 heterocycles. The van der Waals surface area contributed by atoms with Gasteiger partial charge in [0.25, 0.3) is 0 Å².